The molecule has 0 aliphatic rings. The summed E-state index contributed by atoms with van der Waals surface area (Å²) in [6.07, 6.45) is 30.5. The van der Waals surface area contributed by atoms with Gasteiger partial charge < -0.3 is 34.4 Å². The van der Waals surface area contributed by atoms with Crippen molar-refractivity contribution in [3.8, 4) is 0 Å². The van der Waals surface area contributed by atoms with Gasteiger partial charge in [0.1, 0.15) is 12.7 Å². The summed E-state index contributed by atoms with van der Waals surface area (Å²) in [7, 11) is -9.70. The van der Waals surface area contributed by atoms with Crippen LogP contribution in [-0.4, -0.2) is 81.6 Å². The maximum Gasteiger partial charge on any atom is 0.472 e. The van der Waals surface area contributed by atoms with Crippen LogP contribution < -0.4 is 0 Å². The second-order valence-corrected chi connectivity index (χ2v) is 17.3. The molecular formula is C41H74O14P2. The third-order valence-corrected chi connectivity index (χ3v) is 9.88. The Labute approximate surface area is 342 Å². The lowest BCUT2D eigenvalue weighted by Crippen LogP contribution is -2.29. The van der Waals surface area contributed by atoms with E-state index in [4.69, 9.17) is 23.8 Å². The zero-order valence-corrected chi connectivity index (χ0v) is 36.5. The number of rotatable bonds is 38. The summed E-state index contributed by atoms with van der Waals surface area (Å²) in [5.41, 5.74) is 0. The van der Waals surface area contributed by atoms with Crippen molar-refractivity contribution in [2.75, 3.05) is 26.4 Å². The smallest absolute Gasteiger partial charge is 0.462 e. The zero-order valence-electron chi connectivity index (χ0n) is 34.7. The molecule has 0 aromatic carbocycles. The fourth-order valence-corrected chi connectivity index (χ4v) is 6.46. The van der Waals surface area contributed by atoms with E-state index < -0.39 is 66.2 Å². The topological polar surface area (TPSA) is 216 Å². The first-order valence-electron chi connectivity index (χ1n) is 20.8. The highest BCUT2D eigenvalue weighted by Crippen LogP contribution is 2.43. The minimum absolute atomic E-state index is 0.0401. The maximum atomic E-state index is 12.6. The van der Waals surface area contributed by atoms with Crippen LogP contribution in [-0.2, 0) is 41.8 Å². The molecule has 0 rings (SSSR count). The Balaban J connectivity index is 4.67. The number of phosphoric ester groups is 2. The van der Waals surface area contributed by atoms with Gasteiger partial charge in [-0.2, -0.15) is 0 Å². The molecule has 0 aromatic heterocycles. The summed E-state index contributed by atoms with van der Waals surface area (Å²) in [4.78, 5) is 52.5. The average Bonchev–Trinajstić information content (AvgIpc) is 3.14. The minimum Gasteiger partial charge on any atom is -0.462 e. The van der Waals surface area contributed by atoms with E-state index in [0.717, 1.165) is 57.3 Å². The first kappa shape index (κ1) is 55.0. The summed E-state index contributed by atoms with van der Waals surface area (Å²) in [6, 6.07) is 0. The molecule has 0 aliphatic heterocycles. The minimum atomic E-state index is -4.87. The molecule has 16 heteroatoms. The van der Waals surface area contributed by atoms with Crippen molar-refractivity contribution < 1.29 is 66.7 Å². The van der Waals surface area contributed by atoms with E-state index in [2.05, 4.69) is 60.2 Å². The predicted molar refractivity (Wildman–Crippen MR) is 222 cm³/mol. The third-order valence-electron chi connectivity index (χ3n) is 8.44. The summed E-state index contributed by atoms with van der Waals surface area (Å²) < 4.78 is 47.6. The highest BCUT2D eigenvalue weighted by Gasteiger charge is 2.28. The van der Waals surface area contributed by atoms with Crippen molar-refractivity contribution in [3.63, 3.8) is 0 Å². The van der Waals surface area contributed by atoms with Crippen LogP contribution >= 0.6 is 15.6 Å². The Kier molecular flexibility index (Phi) is 34.7. The van der Waals surface area contributed by atoms with Gasteiger partial charge >= 0.3 is 27.6 Å². The van der Waals surface area contributed by atoms with Gasteiger partial charge in [-0.25, -0.2) is 9.13 Å². The molecule has 4 atom stereocenters. The predicted octanol–water partition coefficient (Wildman–Crippen LogP) is 9.11. The lowest BCUT2D eigenvalue weighted by atomic mass is 10.0. The molecule has 0 fully saturated rings. The van der Waals surface area contributed by atoms with Gasteiger partial charge in [-0.05, 0) is 57.3 Å². The number of hydrogen-bond donors (Lipinski definition) is 5. The molecule has 0 saturated carbocycles. The van der Waals surface area contributed by atoms with Gasteiger partial charge in [-0.3, -0.25) is 23.2 Å². The molecule has 0 saturated heterocycles. The van der Waals surface area contributed by atoms with Gasteiger partial charge in [0.25, 0.3) is 0 Å². The van der Waals surface area contributed by atoms with Crippen molar-refractivity contribution in [1.29, 1.82) is 0 Å². The van der Waals surface area contributed by atoms with Gasteiger partial charge in [0, 0.05) is 12.8 Å². The van der Waals surface area contributed by atoms with E-state index in [9.17, 15) is 33.8 Å². The average molecular weight is 853 g/mol. The molecule has 2 unspecified atom stereocenters. The van der Waals surface area contributed by atoms with Gasteiger partial charge in [-0.15, -0.1) is 0 Å². The molecule has 0 amide bonds. The highest BCUT2D eigenvalue weighted by atomic mass is 31.2. The summed E-state index contributed by atoms with van der Waals surface area (Å²) in [5.74, 6) is -0.367. The number of aliphatic hydroxyl groups is 2. The van der Waals surface area contributed by atoms with Crippen LogP contribution in [0.25, 0.3) is 0 Å². The number of phosphoric acid groups is 2. The molecule has 14 nitrogen and oxygen atoms in total. The quantitative estimate of drug-likeness (QED) is 0.0170. The first-order valence-corrected chi connectivity index (χ1v) is 23.8. The molecular weight excluding hydrogens is 778 g/mol. The number of ether oxygens (including phenoxy) is 2. The van der Waals surface area contributed by atoms with Crippen molar-refractivity contribution >= 4 is 27.6 Å². The maximum absolute atomic E-state index is 12.6. The van der Waals surface area contributed by atoms with E-state index in [-0.39, 0.29) is 18.9 Å². The Morgan fingerprint density at radius 1 is 0.579 bits per heavy atom. The molecule has 57 heavy (non-hydrogen) atoms. The molecule has 0 spiro atoms. The summed E-state index contributed by atoms with van der Waals surface area (Å²) in [5, 5.41) is 19.4. The van der Waals surface area contributed by atoms with Gasteiger partial charge in [0.15, 0.2) is 6.10 Å². The van der Waals surface area contributed by atoms with E-state index in [0.29, 0.717) is 25.7 Å². The van der Waals surface area contributed by atoms with E-state index in [1.54, 1.807) is 0 Å². The fourth-order valence-electron chi connectivity index (χ4n) is 5.30. The number of aliphatic hydroxyl groups excluding tert-OH is 2. The number of esters is 2. The van der Waals surface area contributed by atoms with Gasteiger partial charge in [-0.1, -0.05) is 134 Å². The van der Waals surface area contributed by atoms with Crippen molar-refractivity contribution in [2.24, 2.45) is 5.92 Å². The normalized spacial score (nSPS) is 15.2. The largest absolute Gasteiger partial charge is 0.472 e. The fraction of sp³-hybridized carbons (Fsp3) is 0.756. The number of carbonyl (C=O) groups is 2. The van der Waals surface area contributed by atoms with E-state index in [1.165, 1.54) is 38.5 Å². The standard InChI is InChI=1S/C41H74O14P2/c1-4-27-37(42)29-24-20-16-12-8-6-5-7-9-13-18-22-26-31-41(45)55-39(35-54-57(49,50)53-33-38(43)32-52-56(46,47)48)34-51-40(44)30-25-21-17-14-10-11-15-19-23-28-36(2)3/h5,7-8,12-13,18,20,24,36-39,42-43H,4,6,9-11,14-17,19,21-23,25-35H2,1-3H3,(H,49,50)(H2,46,47,48)/b7-5-,12-8-,18-13-,24-20-/t37?,38-,39+/m0/s1. The number of hydrogen-bond acceptors (Lipinski definition) is 11. The van der Waals surface area contributed by atoms with Gasteiger partial charge in [0.05, 0.1) is 25.9 Å². The Hall–Kier alpha value is -1.96. The van der Waals surface area contributed by atoms with E-state index >= 15 is 0 Å². The van der Waals surface area contributed by atoms with Crippen LogP contribution in [0.5, 0.6) is 0 Å². The van der Waals surface area contributed by atoms with Crippen LogP contribution in [0, 0.1) is 5.92 Å². The summed E-state index contributed by atoms with van der Waals surface area (Å²) >= 11 is 0. The van der Waals surface area contributed by atoms with Crippen LogP contribution in [0.4, 0.5) is 0 Å². The molecule has 332 valence electrons. The number of allylic oxidation sites excluding steroid dienone is 7. The SMILES string of the molecule is CCCC(O)C/C=C\C/C=C\C/C=C\C/C=C\CCCC(=O)O[C@H](COC(=O)CCCCCCCCCCCC(C)C)COP(=O)(O)OC[C@@H](O)COP(=O)(O)O. The monoisotopic (exact) mass is 852 g/mol. The van der Waals surface area contributed by atoms with Gasteiger partial charge in [0.2, 0.25) is 0 Å². The van der Waals surface area contributed by atoms with E-state index in [1.807, 2.05) is 18.2 Å². The second kappa shape index (κ2) is 35.9. The molecule has 0 radical (unpaired) electrons. The molecule has 0 heterocycles. The van der Waals surface area contributed by atoms with Crippen molar-refractivity contribution in [2.45, 2.75) is 167 Å². The van der Waals surface area contributed by atoms with Crippen LogP contribution in [0.3, 0.4) is 0 Å². The Morgan fingerprint density at radius 3 is 1.67 bits per heavy atom. The second-order valence-electron chi connectivity index (χ2n) is 14.6. The van der Waals surface area contributed by atoms with Crippen molar-refractivity contribution in [1.82, 2.24) is 0 Å². The molecule has 5 N–H and O–H groups in total. The summed E-state index contributed by atoms with van der Waals surface area (Å²) in [6.45, 7) is 3.75. The lowest BCUT2D eigenvalue weighted by Gasteiger charge is -2.20. The van der Waals surface area contributed by atoms with Crippen LogP contribution in [0.1, 0.15) is 149 Å². The molecule has 0 aromatic rings. The van der Waals surface area contributed by atoms with Crippen LogP contribution in [0.2, 0.25) is 0 Å². The Morgan fingerprint density at radius 2 is 1.09 bits per heavy atom. The third kappa shape index (κ3) is 40.6. The Bertz CT molecular complexity index is 1230. The van der Waals surface area contributed by atoms with Crippen molar-refractivity contribution in [3.05, 3.63) is 48.6 Å². The first-order chi connectivity index (χ1) is 27.1. The molecule has 0 bridgehead atoms. The zero-order chi connectivity index (χ0) is 42.6. The highest BCUT2D eigenvalue weighted by molar-refractivity contribution is 7.47. The van der Waals surface area contributed by atoms with Crippen LogP contribution in [0.15, 0.2) is 48.6 Å². The molecule has 0 aliphatic carbocycles. The number of carbonyl (C=O) groups excluding carboxylic acids is 2. The lowest BCUT2D eigenvalue weighted by molar-refractivity contribution is -0.161. The number of unbranched alkanes of at least 4 members (excludes halogenated alkanes) is 9.